The van der Waals surface area contributed by atoms with Gasteiger partial charge in [-0.2, -0.15) is 0 Å². The van der Waals surface area contributed by atoms with Crippen molar-refractivity contribution in [2.45, 2.75) is 6.42 Å². The van der Waals surface area contributed by atoms with E-state index in [0.717, 1.165) is 22.4 Å². The van der Waals surface area contributed by atoms with E-state index in [1.165, 1.54) is 0 Å². The molecule has 0 saturated carbocycles. The van der Waals surface area contributed by atoms with Gasteiger partial charge >= 0.3 is 0 Å². The lowest BCUT2D eigenvalue weighted by molar-refractivity contribution is 0.865. The molecule has 0 spiro atoms. The molecule has 14 heavy (non-hydrogen) atoms. The van der Waals surface area contributed by atoms with Crippen LogP contribution in [0.1, 0.15) is 5.82 Å². The van der Waals surface area contributed by atoms with Crippen molar-refractivity contribution in [3.05, 3.63) is 28.6 Å². The fourth-order valence-corrected chi connectivity index (χ4v) is 2.01. The standard InChI is InChI=1S/C9H11BrN4/c10-9-6-2-1-3-7(12)14(6)8(13-9)4-5-11/h1-3H,4-5,11-12H2. The first-order valence-corrected chi connectivity index (χ1v) is 5.14. The van der Waals surface area contributed by atoms with Crippen molar-refractivity contribution in [1.82, 2.24) is 9.38 Å². The van der Waals surface area contributed by atoms with Crippen LogP contribution in [0, 0.1) is 0 Å². The van der Waals surface area contributed by atoms with Crippen LogP contribution < -0.4 is 11.5 Å². The summed E-state index contributed by atoms with van der Waals surface area (Å²) in [6, 6.07) is 5.72. The van der Waals surface area contributed by atoms with E-state index in [1.807, 2.05) is 22.6 Å². The van der Waals surface area contributed by atoms with Gasteiger partial charge in [0.05, 0.1) is 5.52 Å². The van der Waals surface area contributed by atoms with Crippen LogP contribution in [0.5, 0.6) is 0 Å². The molecule has 0 aromatic carbocycles. The van der Waals surface area contributed by atoms with Crippen molar-refractivity contribution < 1.29 is 0 Å². The minimum absolute atomic E-state index is 0.569. The third-order valence-corrected chi connectivity index (χ3v) is 2.67. The van der Waals surface area contributed by atoms with Crippen molar-refractivity contribution in [2.75, 3.05) is 12.3 Å². The van der Waals surface area contributed by atoms with E-state index in [2.05, 4.69) is 20.9 Å². The van der Waals surface area contributed by atoms with Gasteiger partial charge in [0.2, 0.25) is 0 Å². The summed E-state index contributed by atoms with van der Waals surface area (Å²) < 4.78 is 2.73. The van der Waals surface area contributed by atoms with Crippen LogP contribution in [-0.4, -0.2) is 15.9 Å². The third-order valence-electron chi connectivity index (χ3n) is 2.08. The van der Waals surface area contributed by atoms with Crippen LogP contribution in [-0.2, 0) is 6.42 Å². The summed E-state index contributed by atoms with van der Waals surface area (Å²) in [5.74, 6) is 1.58. The minimum atomic E-state index is 0.569. The Morgan fingerprint density at radius 3 is 2.93 bits per heavy atom. The Labute approximate surface area is 90.0 Å². The first-order valence-electron chi connectivity index (χ1n) is 4.35. The van der Waals surface area contributed by atoms with Gasteiger partial charge in [0.25, 0.3) is 0 Å². The van der Waals surface area contributed by atoms with Gasteiger partial charge in [0, 0.05) is 6.42 Å². The molecule has 0 aliphatic rings. The Bertz CT molecular complexity index is 463. The fraction of sp³-hybridized carbons (Fsp3) is 0.222. The molecule has 74 valence electrons. The molecule has 0 amide bonds. The molecule has 0 radical (unpaired) electrons. The molecule has 0 atom stereocenters. The Kier molecular flexibility index (Phi) is 2.43. The highest BCUT2D eigenvalue weighted by molar-refractivity contribution is 9.10. The lowest BCUT2D eigenvalue weighted by atomic mass is 10.3. The topological polar surface area (TPSA) is 69.3 Å². The van der Waals surface area contributed by atoms with Crippen molar-refractivity contribution in [1.29, 1.82) is 0 Å². The van der Waals surface area contributed by atoms with E-state index in [-0.39, 0.29) is 0 Å². The Morgan fingerprint density at radius 1 is 1.43 bits per heavy atom. The van der Waals surface area contributed by atoms with E-state index < -0.39 is 0 Å². The molecule has 0 aliphatic carbocycles. The van der Waals surface area contributed by atoms with Gasteiger partial charge in [-0.1, -0.05) is 6.07 Å². The largest absolute Gasteiger partial charge is 0.385 e. The predicted octanol–water partition coefficient (Wildman–Crippen LogP) is 1.18. The van der Waals surface area contributed by atoms with Crippen molar-refractivity contribution in [3.8, 4) is 0 Å². The molecular formula is C9H11BrN4. The van der Waals surface area contributed by atoms with Crippen molar-refractivity contribution in [3.63, 3.8) is 0 Å². The maximum absolute atomic E-state index is 5.86. The number of rotatable bonds is 2. The molecule has 0 bridgehead atoms. The van der Waals surface area contributed by atoms with Gasteiger partial charge in [-0.05, 0) is 34.6 Å². The molecule has 0 saturated heterocycles. The number of fused-ring (bicyclic) bond motifs is 1. The lowest BCUT2D eigenvalue weighted by Crippen LogP contribution is -2.08. The number of nitrogen functional groups attached to an aromatic ring is 1. The fourth-order valence-electron chi connectivity index (χ4n) is 1.49. The van der Waals surface area contributed by atoms with Crippen LogP contribution in [0.2, 0.25) is 0 Å². The second-order valence-electron chi connectivity index (χ2n) is 3.03. The number of anilines is 1. The summed E-state index contributed by atoms with van der Waals surface area (Å²) in [5, 5.41) is 0. The van der Waals surface area contributed by atoms with Gasteiger partial charge in [0.1, 0.15) is 16.2 Å². The Balaban J connectivity index is 2.72. The molecule has 5 heteroatoms. The number of halogens is 1. The van der Waals surface area contributed by atoms with Crippen LogP contribution in [0.15, 0.2) is 22.8 Å². The number of nitrogens with two attached hydrogens (primary N) is 2. The third kappa shape index (κ3) is 1.38. The highest BCUT2D eigenvalue weighted by Crippen LogP contribution is 2.21. The second-order valence-corrected chi connectivity index (χ2v) is 3.78. The van der Waals surface area contributed by atoms with Crippen LogP contribution >= 0.6 is 15.9 Å². The average molecular weight is 255 g/mol. The summed E-state index contributed by atoms with van der Waals surface area (Å²) in [4.78, 5) is 4.36. The van der Waals surface area contributed by atoms with Crippen LogP contribution in [0.4, 0.5) is 5.82 Å². The highest BCUT2D eigenvalue weighted by atomic mass is 79.9. The highest BCUT2D eigenvalue weighted by Gasteiger charge is 2.09. The first kappa shape index (κ1) is 9.48. The maximum atomic E-state index is 5.86. The average Bonchev–Trinajstić information content (AvgIpc) is 2.46. The molecule has 0 unspecified atom stereocenters. The molecular weight excluding hydrogens is 244 g/mol. The molecule has 2 rings (SSSR count). The molecule has 0 fully saturated rings. The van der Waals surface area contributed by atoms with Gasteiger partial charge in [-0.15, -0.1) is 0 Å². The summed E-state index contributed by atoms with van der Waals surface area (Å²) in [6.45, 7) is 0.569. The van der Waals surface area contributed by atoms with E-state index in [1.54, 1.807) is 0 Å². The smallest absolute Gasteiger partial charge is 0.132 e. The summed E-state index contributed by atoms with van der Waals surface area (Å²) in [5.41, 5.74) is 12.3. The van der Waals surface area contributed by atoms with E-state index in [9.17, 15) is 0 Å². The lowest BCUT2D eigenvalue weighted by Gasteiger charge is -2.02. The van der Waals surface area contributed by atoms with Crippen LogP contribution in [0.25, 0.3) is 5.52 Å². The van der Waals surface area contributed by atoms with Gasteiger partial charge in [-0.25, -0.2) is 4.98 Å². The van der Waals surface area contributed by atoms with Crippen molar-refractivity contribution in [2.24, 2.45) is 5.73 Å². The van der Waals surface area contributed by atoms with Crippen molar-refractivity contribution >= 4 is 27.3 Å². The molecule has 4 nitrogen and oxygen atoms in total. The molecule has 2 aromatic heterocycles. The molecule has 0 aliphatic heterocycles. The van der Waals surface area contributed by atoms with E-state index in [0.29, 0.717) is 12.4 Å². The van der Waals surface area contributed by atoms with E-state index >= 15 is 0 Å². The van der Waals surface area contributed by atoms with E-state index in [4.69, 9.17) is 11.5 Å². The Morgan fingerprint density at radius 2 is 2.21 bits per heavy atom. The van der Waals surface area contributed by atoms with Gasteiger partial charge in [0.15, 0.2) is 0 Å². The molecule has 2 heterocycles. The zero-order valence-corrected chi connectivity index (χ0v) is 9.16. The number of pyridine rings is 1. The predicted molar refractivity (Wildman–Crippen MR) is 60.1 cm³/mol. The molecule has 4 N–H and O–H groups in total. The maximum Gasteiger partial charge on any atom is 0.132 e. The van der Waals surface area contributed by atoms with Gasteiger partial charge in [-0.3, -0.25) is 4.40 Å². The summed E-state index contributed by atoms with van der Waals surface area (Å²) in [7, 11) is 0. The zero-order chi connectivity index (χ0) is 10.1. The summed E-state index contributed by atoms with van der Waals surface area (Å²) in [6.07, 6.45) is 0.723. The SMILES string of the molecule is NCCc1nc(Br)c2cccc(N)n12. The van der Waals surface area contributed by atoms with Crippen LogP contribution in [0.3, 0.4) is 0 Å². The monoisotopic (exact) mass is 254 g/mol. The number of hydrogen-bond donors (Lipinski definition) is 2. The number of imidazole rings is 1. The normalized spacial score (nSPS) is 11.0. The summed E-state index contributed by atoms with van der Waals surface area (Å²) >= 11 is 3.39. The minimum Gasteiger partial charge on any atom is -0.385 e. The van der Waals surface area contributed by atoms with Gasteiger partial charge < -0.3 is 11.5 Å². The second kappa shape index (κ2) is 3.59. The quantitative estimate of drug-likeness (QED) is 0.846. The number of hydrogen-bond acceptors (Lipinski definition) is 3. The number of nitrogens with zero attached hydrogens (tertiary/aromatic N) is 2. The zero-order valence-electron chi connectivity index (χ0n) is 7.57. The molecule has 2 aromatic rings. The first-order chi connectivity index (χ1) is 6.74. The Hall–Kier alpha value is -1.07. The number of aromatic nitrogens is 2.